The molecule has 1 aliphatic heterocycles. The van der Waals surface area contributed by atoms with Gasteiger partial charge in [-0.3, -0.25) is 5.41 Å². The van der Waals surface area contributed by atoms with Crippen LogP contribution < -0.4 is 5.49 Å². The summed E-state index contributed by atoms with van der Waals surface area (Å²) in [4.78, 5) is 4.54. The molecule has 15 heavy (non-hydrogen) atoms. The molecule has 3 rings (SSSR count). The second kappa shape index (κ2) is 3.07. The molecular formula is C11H10ClN3. The van der Waals surface area contributed by atoms with Crippen LogP contribution in [0.2, 0.25) is 5.02 Å². The molecule has 2 aromatic rings. The van der Waals surface area contributed by atoms with E-state index in [1.165, 1.54) is 0 Å². The van der Waals surface area contributed by atoms with Crippen molar-refractivity contribution in [2.45, 2.75) is 19.4 Å². The lowest BCUT2D eigenvalue weighted by Gasteiger charge is -2.07. The third kappa shape index (κ3) is 1.20. The van der Waals surface area contributed by atoms with E-state index in [-0.39, 0.29) is 0 Å². The first-order valence-electron chi connectivity index (χ1n) is 5.00. The van der Waals surface area contributed by atoms with E-state index in [0.29, 0.717) is 10.5 Å². The molecule has 0 unspecified atom stereocenters. The monoisotopic (exact) mass is 219 g/mol. The van der Waals surface area contributed by atoms with Crippen LogP contribution in [0.25, 0.3) is 10.9 Å². The van der Waals surface area contributed by atoms with Gasteiger partial charge in [0.05, 0.1) is 15.9 Å². The largest absolute Gasteiger partial charge is 0.314 e. The summed E-state index contributed by atoms with van der Waals surface area (Å²) in [5, 5.41) is 9.49. The molecule has 1 aromatic heterocycles. The molecule has 1 aliphatic rings. The van der Waals surface area contributed by atoms with E-state index in [4.69, 9.17) is 17.0 Å². The Kier molecular flexibility index (Phi) is 1.83. The van der Waals surface area contributed by atoms with Gasteiger partial charge in [0.1, 0.15) is 11.3 Å². The van der Waals surface area contributed by atoms with Crippen LogP contribution in [-0.2, 0) is 13.0 Å². The summed E-state index contributed by atoms with van der Waals surface area (Å²) in [5.74, 6) is 1.01. The molecule has 0 atom stereocenters. The van der Waals surface area contributed by atoms with Crippen molar-refractivity contribution < 1.29 is 0 Å². The van der Waals surface area contributed by atoms with Crippen LogP contribution in [0.3, 0.4) is 0 Å². The van der Waals surface area contributed by atoms with Crippen LogP contribution in [-0.4, -0.2) is 9.55 Å². The number of halogens is 1. The lowest BCUT2D eigenvalue weighted by atomic mass is 10.2. The summed E-state index contributed by atoms with van der Waals surface area (Å²) < 4.78 is 1.95. The fraction of sp³-hybridized carbons (Fsp3) is 0.273. The van der Waals surface area contributed by atoms with Gasteiger partial charge in [-0.05, 0) is 18.6 Å². The number of hydrogen-bond acceptors (Lipinski definition) is 2. The Morgan fingerprint density at radius 2 is 2.27 bits per heavy atom. The van der Waals surface area contributed by atoms with Crippen LogP contribution in [0, 0.1) is 5.41 Å². The zero-order chi connectivity index (χ0) is 10.4. The zero-order valence-corrected chi connectivity index (χ0v) is 8.88. The third-order valence-electron chi connectivity index (χ3n) is 2.84. The average molecular weight is 220 g/mol. The van der Waals surface area contributed by atoms with Gasteiger partial charge in [0.25, 0.3) is 0 Å². The van der Waals surface area contributed by atoms with E-state index < -0.39 is 0 Å². The van der Waals surface area contributed by atoms with Gasteiger partial charge in [0.2, 0.25) is 0 Å². The van der Waals surface area contributed by atoms with Crippen LogP contribution in [0.5, 0.6) is 0 Å². The van der Waals surface area contributed by atoms with E-state index in [0.717, 1.165) is 36.1 Å². The molecule has 3 nitrogen and oxygen atoms in total. The Labute approximate surface area is 91.8 Å². The molecule has 4 heteroatoms. The molecule has 0 amide bonds. The van der Waals surface area contributed by atoms with E-state index in [1.807, 2.05) is 22.8 Å². The smallest absolute Gasteiger partial charge is 0.137 e. The van der Waals surface area contributed by atoms with Gasteiger partial charge in [0.15, 0.2) is 0 Å². The Morgan fingerprint density at radius 3 is 3.13 bits per heavy atom. The van der Waals surface area contributed by atoms with Crippen LogP contribution in [0.4, 0.5) is 0 Å². The van der Waals surface area contributed by atoms with Crippen molar-refractivity contribution in [3.8, 4) is 0 Å². The predicted octanol–water partition coefficient (Wildman–Crippen LogP) is 2.12. The summed E-state index contributed by atoms with van der Waals surface area (Å²) in [5.41, 5.74) is 1.33. The molecule has 0 radical (unpaired) electrons. The van der Waals surface area contributed by atoms with E-state index >= 15 is 0 Å². The van der Waals surface area contributed by atoms with Gasteiger partial charge in [-0.25, -0.2) is 4.98 Å². The van der Waals surface area contributed by atoms with Crippen molar-refractivity contribution in [3.05, 3.63) is 34.5 Å². The highest BCUT2D eigenvalue weighted by Crippen LogP contribution is 2.20. The van der Waals surface area contributed by atoms with Crippen molar-refractivity contribution >= 4 is 22.5 Å². The fourth-order valence-electron chi connectivity index (χ4n) is 2.13. The van der Waals surface area contributed by atoms with Crippen molar-refractivity contribution in [3.63, 3.8) is 0 Å². The molecule has 2 heterocycles. The molecule has 1 N–H and O–H groups in total. The number of nitrogens with one attached hydrogen (secondary N) is 1. The molecule has 0 fully saturated rings. The highest BCUT2D eigenvalue weighted by atomic mass is 35.5. The quantitative estimate of drug-likeness (QED) is 0.725. The highest BCUT2D eigenvalue weighted by molar-refractivity contribution is 6.35. The maximum Gasteiger partial charge on any atom is 0.137 e. The molecule has 0 saturated carbocycles. The number of hydrogen-bond donors (Lipinski definition) is 1. The standard InChI is InChI=1S/C11H10ClN3/c12-7-3-1-4-8-10(7)11(13)15-6-2-5-9(15)14-8/h1,3-4,13H,2,5-6H2. The second-order valence-electron chi connectivity index (χ2n) is 3.77. The number of aromatic nitrogens is 2. The minimum atomic E-state index is 0.498. The third-order valence-corrected chi connectivity index (χ3v) is 3.16. The maximum atomic E-state index is 8.10. The SMILES string of the molecule is N=c1c2c(Cl)cccc2nc2n1CCC2. The first kappa shape index (κ1) is 8.92. The van der Waals surface area contributed by atoms with Crippen LogP contribution in [0.1, 0.15) is 12.2 Å². The van der Waals surface area contributed by atoms with Gasteiger partial charge in [0, 0.05) is 13.0 Å². The van der Waals surface area contributed by atoms with Crippen molar-refractivity contribution in [2.75, 3.05) is 0 Å². The van der Waals surface area contributed by atoms with E-state index in [9.17, 15) is 0 Å². The molecule has 0 aliphatic carbocycles. The van der Waals surface area contributed by atoms with Crippen LogP contribution in [0.15, 0.2) is 18.2 Å². The summed E-state index contributed by atoms with van der Waals surface area (Å²) in [6.45, 7) is 0.891. The molecule has 0 bridgehead atoms. The number of rotatable bonds is 0. The summed E-state index contributed by atoms with van der Waals surface area (Å²) in [7, 11) is 0. The second-order valence-corrected chi connectivity index (χ2v) is 4.17. The van der Waals surface area contributed by atoms with E-state index in [2.05, 4.69) is 4.98 Å². The fourth-order valence-corrected chi connectivity index (χ4v) is 2.39. The summed E-state index contributed by atoms with van der Waals surface area (Å²) in [6.07, 6.45) is 2.04. The molecule has 76 valence electrons. The van der Waals surface area contributed by atoms with E-state index in [1.54, 1.807) is 0 Å². The minimum absolute atomic E-state index is 0.498. The summed E-state index contributed by atoms with van der Waals surface area (Å²) in [6, 6.07) is 5.60. The Bertz CT molecular complexity index is 601. The number of fused-ring (bicyclic) bond motifs is 2. The average Bonchev–Trinajstić information content (AvgIpc) is 2.66. The predicted molar refractivity (Wildman–Crippen MR) is 58.9 cm³/mol. The molecular weight excluding hydrogens is 210 g/mol. The molecule has 0 spiro atoms. The van der Waals surface area contributed by atoms with Crippen molar-refractivity contribution in [1.29, 1.82) is 5.41 Å². The van der Waals surface area contributed by atoms with Gasteiger partial charge in [-0.2, -0.15) is 0 Å². The normalized spacial score (nSPS) is 14.5. The van der Waals surface area contributed by atoms with Crippen molar-refractivity contribution in [2.24, 2.45) is 0 Å². The lowest BCUT2D eigenvalue weighted by Crippen LogP contribution is -2.21. The lowest BCUT2D eigenvalue weighted by molar-refractivity contribution is 0.699. The summed E-state index contributed by atoms with van der Waals surface area (Å²) >= 11 is 6.09. The Balaban J connectivity index is 2.53. The molecule has 1 aromatic carbocycles. The van der Waals surface area contributed by atoms with Gasteiger partial charge in [-0.15, -0.1) is 0 Å². The van der Waals surface area contributed by atoms with Crippen LogP contribution >= 0.6 is 11.6 Å². The van der Waals surface area contributed by atoms with Gasteiger partial charge >= 0.3 is 0 Å². The first-order chi connectivity index (χ1) is 7.27. The van der Waals surface area contributed by atoms with Gasteiger partial charge in [-0.1, -0.05) is 17.7 Å². The first-order valence-corrected chi connectivity index (χ1v) is 5.38. The maximum absolute atomic E-state index is 8.10. The number of nitrogens with zero attached hydrogens (tertiary/aromatic N) is 2. The molecule has 0 saturated heterocycles. The Hall–Kier alpha value is -1.35. The number of aryl methyl sites for hydroxylation is 1. The number of benzene rings is 1. The van der Waals surface area contributed by atoms with Crippen molar-refractivity contribution in [1.82, 2.24) is 9.55 Å². The Morgan fingerprint density at radius 1 is 1.40 bits per heavy atom. The minimum Gasteiger partial charge on any atom is -0.314 e. The topological polar surface area (TPSA) is 41.7 Å². The van der Waals surface area contributed by atoms with Gasteiger partial charge < -0.3 is 4.57 Å². The highest BCUT2D eigenvalue weighted by Gasteiger charge is 2.15. The zero-order valence-electron chi connectivity index (χ0n) is 8.13.